The molecule has 1 rings (SSSR count). The van der Waals surface area contributed by atoms with E-state index in [1.54, 1.807) is 6.92 Å². The van der Waals surface area contributed by atoms with Gasteiger partial charge in [-0.2, -0.15) is 4.31 Å². The van der Waals surface area contributed by atoms with Crippen molar-refractivity contribution in [1.82, 2.24) is 4.31 Å². The highest BCUT2D eigenvalue weighted by Crippen LogP contribution is 2.24. The van der Waals surface area contributed by atoms with Crippen molar-refractivity contribution in [3.63, 3.8) is 0 Å². The van der Waals surface area contributed by atoms with Crippen LogP contribution in [0.3, 0.4) is 0 Å². The Labute approximate surface area is 115 Å². The standard InChI is InChI=1S/C11H23NO5S2/c1-10(13)8-11-6-4-3-5-7-12(11)19(16,17)9-18(2,14)15/h10-11,13H,3-9H2,1-2H3. The number of sulfonamides is 1. The van der Waals surface area contributed by atoms with Crippen LogP contribution in [-0.4, -0.2) is 56.3 Å². The van der Waals surface area contributed by atoms with Gasteiger partial charge >= 0.3 is 0 Å². The van der Waals surface area contributed by atoms with Crippen LogP contribution < -0.4 is 0 Å². The number of rotatable bonds is 5. The van der Waals surface area contributed by atoms with E-state index in [9.17, 15) is 21.9 Å². The monoisotopic (exact) mass is 313 g/mol. The highest BCUT2D eigenvalue weighted by molar-refractivity contribution is 8.06. The molecule has 1 heterocycles. The lowest BCUT2D eigenvalue weighted by Crippen LogP contribution is -2.43. The van der Waals surface area contributed by atoms with E-state index in [1.807, 2.05) is 0 Å². The summed E-state index contributed by atoms with van der Waals surface area (Å²) in [4.78, 5) is 0. The third-order valence-corrected chi connectivity index (χ3v) is 7.26. The van der Waals surface area contributed by atoms with Crippen molar-refractivity contribution in [1.29, 1.82) is 0 Å². The summed E-state index contributed by atoms with van der Waals surface area (Å²) in [6, 6.07) is -0.297. The van der Waals surface area contributed by atoms with E-state index in [1.165, 1.54) is 4.31 Å². The lowest BCUT2D eigenvalue weighted by molar-refractivity contribution is 0.147. The Hall–Kier alpha value is -0.180. The predicted molar refractivity (Wildman–Crippen MR) is 73.9 cm³/mol. The number of hydrogen-bond acceptors (Lipinski definition) is 5. The summed E-state index contributed by atoms with van der Waals surface area (Å²) < 4.78 is 48.2. The third kappa shape index (κ3) is 5.76. The Morgan fingerprint density at radius 2 is 1.84 bits per heavy atom. The molecular weight excluding hydrogens is 290 g/mol. The third-order valence-electron chi connectivity index (χ3n) is 3.16. The minimum absolute atomic E-state index is 0.297. The number of aliphatic hydroxyl groups is 1. The van der Waals surface area contributed by atoms with Crippen molar-refractivity contribution in [2.24, 2.45) is 0 Å². The van der Waals surface area contributed by atoms with E-state index < -0.39 is 31.0 Å². The molecule has 0 radical (unpaired) electrons. The Kier molecular flexibility index (Phi) is 5.78. The first-order valence-electron chi connectivity index (χ1n) is 6.47. The summed E-state index contributed by atoms with van der Waals surface area (Å²) in [5, 5.41) is 8.62. The zero-order valence-electron chi connectivity index (χ0n) is 11.4. The van der Waals surface area contributed by atoms with Crippen LogP contribution in [0, 0.1) is 0 Å². The molecule has 2 unspecified atom stereocenters. The summed E-state index contributed by atoms with van der Waals surface area (Å²) in [5.74, 6) is 0. The fourth-order valence-electron chi connectivity index (χ4n) is 2.48. The van der Waals surface area contributed by atoms with Gasteiger partial charge in [0.2, 0.25) is 10.0 Å². The van der Waals surface area contributed by atoms with E-state index in [0.717, 1.165) is 25.5 Å². The van der Waals surface area contributed by atoms with Gasteiger partial charge in [0, 0.05) is 18.8 Å². The van der Waals surface area contributed by atoms with E-state index in [2.05, 4.69) is 0 Å². The van der Waals surface area contributed by atoms with Gasteiger partial charge in [0.25, 0.3) is 0 Å². The van der Waals surface area contributed by atoms with Crippen molar-refractivity contribution in [3.8, 4) is 0 Å². The second-order valence-corrected chi connectivity index (χ2v) is 9.78. The summed E-state index contributed by atoms with van der Waals surface area (Å²) in [6.45, 7) is 1.96. The van der Waals surface area contributed by atoms with Gasteiger partial charge in [-0.15, -0.1) is 0 Å². The second-order valence-electron chi connectivity index (χ2n) is 5.35. The molecule has 19 heavy (non-hydrogen) atoms. The van der Waals surface area contributed by atoms with Gasteiger partial charge in [-0.1, -0.05) is 12.8 Å². The van der Waals surface area contributed by atoms with Crippen LogP contribution in [0.15, 0.2) is 0 Å². The quantitative estimate of drug-likeness (QED) is 0.790. The summed E-state index contributed by atoms with van der Waals surface area (Å²) in [7, 11) is -7.41. The first-order valence-corrected chi connectivity index (χ1v) is 10.1. The van der Waals surface area contributed by atoms with Crippen molar-refractivity contribution in [2.75, 3.05) is 17.9 Å². The molecule has 8 heteroatoms. The average Bonchev–Trinajstić information content (AvgIpc) is 2.38. The zero-order valence-corrected chi connectivity index (χ0v) is 13.1. The van der Waals surface area contributed by atoms with E-state index in [4.69, 9.17) is 0 Å². The van der Waals surface area contributed by atoms with Gasteiger partial charge in [-0.05, 0) is 26.2 Å². The molecule has 1 saturated heterocycles. The SMILES string of the molecule is CC(O)CC1CCCCCN1S(=O)(=O)CS(C)(=O)=O. The van der Waals surface area contributed by atoms with E-state index >= 15 is 0 Å². The molecule has 6 nitrogen and oxygen atoms in total. The molecule has 0 aromatic carbocycles. The first-order chi connectivity index (χ1) is 8.62. The fraction of sp³-hybridized carbons (Fsp3) is 1.00. The van der Waals surface area contributed by atoms with Gasteiger partial charge in [0.15, 0.2) is 14.9 Å². The van der Waals surface area contributed by atoms with Crippen LogP contribution in [0.5, 0.6) is 0 Å². The van der Waals surface area contributed by atoms with Crippen molar-refractivity contribution in [3.05, 3.63) is 0 Å². The molecule has 2 atom stereocenters. The topological polar surface area (TPSA) is 91.8 Å². The molecule has 0 aromatic heterocycles. The second kappa shape index (κ2) is 6.51. The molecule has 0 aliphatic carbocycles. The van der Waals surface area contributed by atoms with Crippen LogP contribution in [0.1, 0.15) is 39.0 Å². The Balaban J connectivity index is 2.96. The van der Waals surface area contributed by atoms with Crippen molar-refractivity contribution in [2.45, 2.75) is 51.2 Å². The van der Waals surface area contributed by atoms with Crippen LogP contribution in [0.2, 0.25) is 0 Å². The fourth-order valence-corrected chi connectivity index (χ4v) is 6.24. The normalized spacial score (nSPS) is 24.9. The minimum Gasteiger partial charge on any atom is -0.393 e. The molecule has 1 aliphatic rings. The maximum atomic E-state index is 12.2. The Morgan fingerprint density at radius 1 is 1.21 bits per heavy atom. The largest absolute Gasteiger partial charge is 0.393 e. The summed E-state index contributed by atoms with van der Waals surface area (Å²) >= 11 is 0. The van der Waals surface area contributed by atoms with Crippen molar-refractivity contribution < 1.29 is 21.9 Å². The molecule has 0 bridgehead atoms. The summed E-state index contributed by atoms with van der Waals surface area (Å²) in [6.07, 6.45) is 3.92. The number of nitrogens with zero attached hydrogens (tertiary/aromatic N) is 1. The highest BCUT2D eigenvalue weighted by Gasteiger charge is 2.33. The molecule has 114 valence electrons. The maximum absolute atomic E-state index is 12.2. The maximum Gasteiger partial charge on any atom is 0.228 e. The number of sulfone groups is 1. The minimum atomic E-state index is -3.82. The Morgan fingerprint density at radius 3 is 2.37 bits per heavy atom. The molecule has 0 aromatic rings. The molecular formula is C11H23NO5S2. The van der Waals surface area contributed by atoms with Crippen LogP contribution in [-0.2, 0) is 19.9 Å². The molecule has 0 amide bonds. The van der Waals surface area contributed by atoms with Gasteiger partial charge in [0.1, 0.15) is 0 Å². The number of hydrogen-bond donors (Lipinski definition) is 1. The van der Waals surface area contributed by atoms with Gasteiger partial charge in [-0.25, -0.2) is 16.8 Å². The van der Waals surface area contributed by atoms with Crippen LogP contribution >= 0.6 is 0 Å². The Bertz CT molecular complexity index is 483. The van der Waals surface area contributed by atoms with Crippen LogP contribution in [0.25, 0.3) is 0 Å². The molecule has 0 saturated carbocycles. The van der Waals surface area contributed by atoms with Gasteiger partial charge < -0.3 is 5.11 Å². The molecule has 1 aliphatic heterocycles. The molecule has 1 fully saturated rings. The molecule has 1 N–H and O–H groups in total. The summed E-state index contributed by atoms with van der Waals surface area (Å²) in [5.41, 5.74) is 0. The first kappa shape index (κ1) is 16.9. The van der Waals surface area contributed by atoms with E-state index in [-0.39, 0.29) is 6.04 Å². The molecule has 0 spiro atoms. The van der Waals surface area contributed by atoms with Gasteiger partial charge in [0.05, 0.1) is 6.10 Å². The van der Waals surface area contributed by atoms with Gasteiger partial charge in [-0.3, -0.25) is 0 Å². The highest BCUT2D eigenvalue weighted by atomic mass is 32.3. The van der Waals surface area contributed by atoms with Crippen LogP contribution in [0.4, 0.5) is 0 Å². The zero-order chi connectivity index (χ0) is 14.7. The average molecular weight is 313 g/mol. The van der Waals surface area contributed by atoms with E-state index in [0.29, 0.717) is 19.4 Å². The number of aliphatic hydroxyl groups excluding tert-OH is 1. The lowest BCUT2D eigenvalue weighted by atomic mass is 10.1. The predicted octanol–water partition coefficient (Wildman–Crippen LogP) is 0.334. The smallest absolute Gasteiger partial charge is 0.228 e. The lowest BCUT2D eigenvalue weighted by Gasteiger charge is -2.29. The van der Waals surface area contributed by atoms with Crippen molar-refractivity contribution >= 4 is 19.9 Å².